The number of hydrogen-bond donors (Lipinski definition) is 1. The van der Waals surface area contributed by atoms with E-state index in [4.69, 9.17) is 15.2 Å². The van der Waals surface area contributed by atoms with Crippen LogP contribution in [0.2, 0.25) is 0 Å². The highest BCUT2D eigenvalue weighted by atomic mass is 16.5. The molecule has 19 heavy (non-hydrogen) atoms. The normalized spacial score (nSPS) is 40.3. The molecular weight excluding hydrogens is 240 g/mol. The SMILES string of the molecule is CCC1COC(C)CN1C1(CN)CCOC(C)(C)C1. The van der Waals surface area contributed by atoms with Gasteiger partial charge < -0.3 is 15.2 Å². The summed E-state index contributed by atoms with van der Waals surface area (Å²) in [5, 5.41) is 0. The number of morpholine rings is 1. The van der Waals surface area contributed by atoms with Crippen molar-refractivity contribution in [2.45, 2.75) is 70.2 Å². The van der Waals surface area contributed by atoms with Crippen LogP contribution in [0.3, 0.4) is 0 Å². The van der Waals surface area contributed by atoms with E-state index in [1.807, 2.05) is 0 Å². The van der Waals surface area contributed by atoms with Crippen LogP contribution in [0.1, 0.15) is 47.0 Å². The first-order chi connectivity index (χ1) is 8.92. The summed E-state index contributed by atoms with van der Waals surface area (Å²) in [6.45, 7) is 12.1. The second-order valence-corrected chi connectivity index (χ2v) is 6.82. The first-order valence-electron chi connectivity index (χ1n) is 7.65. The van der Waals surface area contributed by atoms with Crippen molar-refractivity contribution in [1.29, 1.82) is 0 Å². The summed E-state index contributed by atoms with van der Waals surface area (Å²) >= 11 is 0. The van der Waals surface area contributed by atoms with Gasteiger partial charge in [-0.2, -0.15) is 0 Å². The minimum atomic E-state index is -0.0720. The Morgan fingerprint density at radius 3 is 2.68 bits per heavy atom. The zero-order valence-electron chi connectivity index (χ0n) is 12.9. The zero-order valence-corrected chi connectivity index (χ0v) is 12.9. The average Bonchev–Trinajstić information content (AvgIpc) is 2.37. The van der Waals surface area contributed by atoms with E-state index in [0.29, 0.717) is 18.7 Å². The Morgan fingerprint density at radius 2 is 2.11 bits per heavy atom. The van der Waals surface area contributed by atoms with Gasteiger partial charge in [-0.05, 0) is 40.0 Å². The summed E-state index contributed by atoms with van der Waals surface area (Å²) in [5.74, 6) is 0. The molecule has 0 radical (unpaired) electrons. The van der Waals surface area contributed by atoms with Gasteiger partial charge in [-0.25, -0.2) is 0 Å². The standard InChI is InChI=1S/C15H30N2O2/c1-5-13-9-18-12(2)8-17(13)15(11-16)6-7-19-14(3,4)10-15/h12-13H,5-11,16H2,1-4H3. The maximum atomic E-state index is 6.21. The van der Waals surface area contributed by atoms with Gasteiger partial charge in [0, 0.05) is 31.3 Å². The molecule has 2 aliphatic rings. The third kappa shape index (κ3) is 3.13. The van der Waals surface area contributed by atoms with Gasteiger partial charge in [0.15, 0.2) is 0 Å². The maximum Gasteiger partial charge on any atom is 0.0675 e. The fourth-order valence-corrected chi connectivity index (χ4v) is 3.75. The third-order valence-electron chi connectivity index (χ3n) is 4.74. The highest BCUT2D eigenvalue weighted by Gasteiger charge is 2.47. The van der Waals surface area contributed by atoms with Crippen LogP contribution >= 0.6 is 0 Å². The van der Waals surface area contributed by atoms with E-state index in [1.165, 1.54) is 0 Å². The number of hydrogen-bond acceptors (Lipinski definition) is 4. The Bertz CT molecular complexity index is 309. The lowest BCUT2D eigenvalue weighted by Gasteiger charge is -2.55. The van der Waals surface area contributed by atoms with Crippen LogP contribution in [0.15, 0.2) is 0 Å². The molecular formula is C15H30N2O2. The van der Waals surface area contributed by atoms with Gasteiger partial charge in [0.1, 0.15) is 0 Å². The molecule has 0 aromatic carbocycles. The molecule has 2 heterocycles. The second kappa shape index (κ2) is 5.68. The van der Waals surface area contributed by atoms with E-state index in [0.717, 1.165) is 39.0 Å². The molecule has 3 unspecified atom stereocenters. The summed E-state index contributed by atoms with van der Waals surface area (Å²) < 4.78 is 11.7. The van der Waals surface area contributed by atoms with Gasteiger partial charge in [0.05, 0.1) is 18.3 Å². The number of nitrogens with two attached hydrogens (primary N) is 1. The lowest BCUT2D eigenvalue weighted by atomic mass is 9.78. The van der Waals surface area contributed by atoms with Gasteiger partial charge >= 0.3 is 0 Å². The maximum absolute atomic E-state index is 6.21. The van der Waals surface area contributed by atoms with Crippen molar-refractivity contribution in [3.05, 3.63) is 0 Å². The molecule has 2 fully saturated rings. The molecule has 2 rings (SSSR count). The van der Waals surface area contributed by atoms with Crippen molar-refractivity contribution in [1.82, 2.24) is 4.90 Å². The number of nitrogens with zero attached hydrogens (tertiary/aromatic N) is 1. The average molecular weight is 270 g/mol. The summed E-state index contributed by atoms with van der Waals surface area (Å²) in [7, 11) is 0. The Morgan fingerprint density at radius 1 is 1.37 bits per heavy atom. The molecule has 2 aliphatic heterocycles. The summed E-state index contributed by atoms with van der Waals surface area (Å²) in [5.41, 5.74) is 6.23. The van der Waals surface area contributed by atoms with Crippen LogP contribution < -0.4 is 5.73 Å². The van der Waals surface area contributed by atoms with Gasteiger partial charge in [0.25, 0.3) is 0 Å². The Labute approximate surface area is 117 Å². The number of ether oxygens (including phenoxy) is 2. The molecule has 2 N–H and O–H groups in total. The van der Waals surface area contributed by atoms with Crippen molar-refractivity contribution >= 4 is 0 Å². The molecule has 0 saturated carbocycles. The van der Waals surface area contributed by atoms with E-state index in [2.05, 4.69) is 32.6 Å². The van der Waals surface area contributed by atoms with Crippen molar-refractivity contribution in [3.63, 3.8) is 0 Å². The molecule has 4 heteroatoms. The van der Waals surface area contributed by atoms with Crippen LogP contribution in [0.25, 0.3) is 0 Å². The Hall–Kier alpha value is -0.160. The second-order valence-electron chi connectivity index (χ2n) is 6.82. The molecule has 3 atom stereocenters. The molecule has 112 valence electrons. The van der Waals surface area contributed by atoms with Gasteiger partial charge in [-0.1, -0.05) is 6.92 Å². The van der Waals surface area contributed by atoms with Gasteiger partial charge in [-0.15, -0.1) is 0 Å². The highest BCUT2D eigenvalue weighted by Crippen LogP contribution is 2.38. The van der Waals surface area contributed by atoms with E-state index >= 15 is 0 Å². The van der Waals surface area contributed by atoms with Crippen LogP contribution in [-0.4, -0.2) is 54.5 Å². The van der Waals surface area contributed by atoms with Crippen LogP contribution in [0, 0.1) is 0 Å². The van der Waals surface area contributed by atoms with Crippen molar-refractivity contribution in [2.75, 3.05) is 26.3 Å². The summed E-state index contributed by atoms with van der Waals surface area (Å²) in [6, 6.07) is 0.494. The fourth-order valence-electron chi connectivity index (χ4n) is 3.75. The zero-order chi connectivity index (χ0) is 14.1. The highest BCUT2D eigenvalue weighted by molar-refractivity contribution is 5.02. The predicted octanol–water partition coefficient (Wildman–Crippen LogP) is 1.77. The fraction of sp³-hybridized carbons (Fsp3) is 1.00. The summed E-state index contributed by atoms with van der Waals surface area (Å²) in [4.78, 5) is 2.63. The molecule has 4 nitrogen and oxygen atoms in total. The van der Waals surface area contributed by atoms with Gasteiger partial charge in [0.2, 0.25) is 0 Å². The third-order valence-corrected chi connectivity index (χ3v) is 4.74. The molecule has 0 amide bonds. The molecule has 0 aromatic heterocycles. The summed E-state index contributed by atoms with van der Waals surface area (Å²) in [6.07, 6.45) is 3.48. The molecule has 2 saturated heterocycles. The topological polar surface area (TPSA) is 47.7 Å². The lowest BCUT2D eigenvalue weighted by molar-refractivity contribution is -0.160. The minimum absolute atomic E-state index is 0.0720. The smallest absolute Gasteiger partial charge is 0.0675 e. The monoisotopic (exact) mass is 270 g/mol. The van der Waals surface area contributed by atoms with E-state index in [1.54, 1.807) is 0 Å². The van der Waals surface area contributed by atoms with Crippen molar-refractivity contribution in [3.8, 4) is 0 Å². The first-order valence-corrected chi connectivity index (χ1v) is 7.65. The van der Waals surface area contributed by atoms with E-state index < -0.39 is 0 Å². The van der Waals surface area contributed by atoms with Crippen LogP contribution in [-0.2, 0) is 9.47 Å². The van der Waals surface area contributed by atoms with E-state index in [-0.39, 0.29) is 11.1 Å². The Kier molecular flexibility index (Phi) is 4.56. The molecule has 0 spiro atoms. The lowest BCUT2D eigenvalue weighted by Crippen LogP contribution is -2.66. The minimum Gasteiger partial charge on any atom is -0.376 e. The molecule has 0 aliphatic carbocycles. The van der Waals surface area contributed by atoms with Gasteiger partial charge in [-0.3, -0.25) is 4.90 Å². The quantitative estimate of drug-likeness (QED) is 0.849. The van der Waals surface area contributed by atoms with Crippen molar-refractivity contribution < 1.29 is 9.47 Å². The van der Waals surface area contributed by atoms with Crippen LogP contribution in [0.5, 0.6) is 0 Å². The molecule has 0 aromatic rings. The predicted molar refractivity (Wildman–Crippen MR) is 77.2 cm³/mol. The van der Waals surface area contributed by atoms with E-state index in [9.17, 15) is 0 Å². The number of rotatable bonds is 3. The van der Waals surface area contributed by atoms with Crippen LogP contribution in [0.4, 0.5) is 0 Å². The first kappa shape index (κ1) is 15.2. The largest absolute Gasteiger partial charge is 0.376 e. The Balaban J connectivity index is 2.22. The van der Waals surface area contributed by atoms with Crippen molar-refractivity contribution in [2.24, 2.45) is 5.73 Å². The molecule has 0 bridgehead atoms.